The third kappa shape index (κ3) is 3.16. The van der Waals surface area contributed by atoms with Crippen molar-refractivity contribution < 1.29 is 4.74 Å². The standard InChI is InChI=1S/C17H31NO/c1-16(2,3)19-15-11-14(12-15)18-9-7-17(4,8-10-18)13-5-6-13/h13-15H,5-12H2,1-4H3. The van der Waals surface area contributed by atoms with E-state index in [0.717, 1.165) is 12.0 Å². The van der Waals surface area contributed by atoms with Gasteiger partial charge in [-0.3, -0.25) is 0 Å². The molecule has 2 heteroatoms. The number of nitrogens with zero attached hydrogens (tertiary/aromatic N) is 1. The van der Waals surface area contributed by atoms with Crippen molar-refractivity contribution in [1.29, 1.82) is 0 Å². The molecule has 0 atom stereocenters. The molecule has 3 aliphatic rings. The van der Waals surface area contributed by atoms with Gasteiger partial charge in [0.15, 0.2) is 0 Å². The zero-order valence-electron chi connectivity index (χ0n) is 13.2. The number of hydrogen-bond donors (Lipinski definition) is 0. The highest BCUT2D eigenvalue weighted by molar-refractivity contribution is 4.97. The van der Waals surface area contributed by atoms with Crippen LogP contribution < -0.4 is 0 Å². The lowest BCUT2D eigenvalue weighted by Crippen LogP contribution is -2.53. The van der Waals surface area contributed by atoms with E-state index in [2.05, 4.69) is 32.6 Å². The van der Waals surface area contributed by atoms with Crippen LogP contribution in [0.15, 0.2) is 0 Å². The molecule has 0 aromatic rings. The number of hydrogen-bond acceptors (Lipinski definition) is 2. The summed E-state index contributed by atoms with van der Waals surface area (Å²) in [6, 6.07) is 0.816. The second-order valence-corrected chi connectivity index (χ2v) is 8.44. The van der Waals surface area contributed by atoms with Crippen LogP contribution in [0.4, 0.5) is 0 Å². The van der Waals surface area contributed by atoms with E-state index in [-0.39, 0.29) is 5.60 Å². The van der Waals surface area contributed by atoms with Gasteiger partial charge in [-0.1, -0.05) is 6.92 Å². The molecule has 0 aromatic heterocycles. The molecule has 0 aromatic carbocycles. The summed E-state index contributed by atoms with van der Waals surface area (Å²) in [7, 11) is 0. The molecule has 3 rings (SSSR count). The molecule has 2 nitrogen and oxygen atoms in total. The van der Waals surface area contributed by atoms with Gasteiger partial charge in [0.25, 0.3) is 0 Å². The zero-order chi connectivity index (χ0) is 13.7. The summed E-state index contributed by atoms with van der Waals surface area (Å²) in [5, 5.41) is 0. The third-order valence-corrected chi connectivity index (χ3v) is 5.61. The average Bonchev–Trinajstić information content (AvgIpc) is 3.07. The van der Waals surface area contributed by atoms with Crippen molar-refractivity contribution in [2.45, 2.75) is 84.0 Å². The van der Waals surface area contributed by atoms with E-state index in [1.54, 1.807) is 0 Å². The molecule has 110 valence electrons. The highest BCUT2D eigenvalue weighted by atomic mass is 16.5. The zero-order valence-corrected chi connectivity index (χ0v) is 13.2. The molecule has 0 spiro atoms. The Kier molecular flexibility index (Phi) is 3.46. The number of piperidine rings is 1. The Morgan fingerprint density at radius 1 is 1.05 bits per heavy atom. The van der Waals surface area contributed by atoms with Gasteiger partial charge in [0.05, 0.1) is 11.7 Å². The van der Waals surface area contributed by atoms with E-state index < -0.39 is 0 Å². The molecule has 0 radical (unpaired) electrons. The normalized spacial score (nSPS) is 36.0. The fraction of sp³-hybridized carbons (Fsp3) is 1.00. The lowest BCUT2D eigenvalue weighted by molar-refractivity contribution is -0.125. The summed E-state index contributed by atoms with van der Waals surface area (Å²) >= 11 is 0. The van der Waals surface area contributed by atoms with E-state index in [0.29, 0.717) is 11.5 Å². The second-order valence-electron chi connectivity index (χ2n) is 8.44. The molecule has 2 saturated carbocycles. The molecule has 0 N–H and O–H groups in total. The van der Waals surface area contributed by atoms with Crippen LogP contribution >= 0.6 is 0 Å². The molecule has 0 amide bonds. The van der Waals surface area contributed by atoms with E-state index >= 15 is 0 Å². The van der Waals surface area contributed by atoms with Crippen molar-refractivity contribution in [3.05, 3.63) is 0 Å². The first-order valence-electron chi connectivity index (χ1n) is 8.28. The largest absolute Gasteiger partial charge is 0.373 e. The fourth-order valence-corrected chi connectivity index (χ4v) is 4.02. The first-order chi connectivity index (χ1) is 8.86. The topological polar surface area (TPSA) is 12.5 Å². The van der Waals surface area contributed by atoms with Gasteiger partial charge < -0.3 is 9.64 Å². The van der Waals surface area contributed by atoms with Crippen LogP contribution in [0.25, 0.3) is 0 Å². The highest BCUT2D eigenvalue weighted by Gasteiger charge is 2.45. The minimum atomic E-state index is 0.0298. The van der Waals surface area contributed by atoms with Crippen molar-refractivity contribution in [2.75, 3.05) is 13.1 Å². The lowest BCUT2D eigenvalue weighted by Gasteiger charge is -2.49. The third-order valence-electron chi connectivity index (χ3n) is 5.61. The molecule has 2 aliphatic carbocycles. The van der Waals surface area contributed by atoms with Crippen molar-refractivity contribution in [3.8, 4) is 0 Å². The quantitative estimate of drug-likeness (QED) is 0.768. The number of likely N-dealkylation sites (tertiary alicyclic amines) is 1. The molecule has 0 bridgehead atoms. The van der Waals surface area contributed by atoms with Crippen LogP contribution in [-0.2, 0) is 4.74 Å². The van der Waals surface area contributed by atoms with Crippen LogP contribution in [0.5, 0.6) is 0 Å². The molecule has 0 unspecified atom stereocenters. The van der Waals surface area contributed by atoms with Crippen LogP contribution in [0.3, 0.4) is 0 Å². The minimum absolute atomic E-state index is 0.0298. The van der Waals surface area contributed by atoms with Crippen molar-refractivity contribution in [1.82, 2.24) is 4.90 Å². The molecular weight excluding hydrogens is 234 g/mol. The Hall–Kier alpha value is -0.0800. The first-order valence-corrected chi connectivity index (χ1v) is 8.28. The van der Waals surface area contributed by atoms with Crippen LogP contribution in [-0.4, -0.2) is 35.7 Å². The predicted octanol–water partition coefficient (Wildman–Crippen LogP) is 3.84. The van der Waals surface area contributed by atoms with Gasteiger partial charge >= 0.3 is 0 Å². The summed E-state index contributed by atoms with van der Waals surface area (Å²) in [6.45, 7) is 11.7. The van der Waals surface area contributed by atoms with E-state index in [9.17, 15) is 0 Å². The van der Waals surface area contributed by atoms with E-state index in [1.807, 2.05) is 0 Å². The molecule has 19 heavy (non-hydrogen) atoms. The molecule has 3 fully saturated rings. The molecule has 1 aliphatic heterocycles. The minimum Gasteiger partial charge on any atom is -0.373 e. The maximum absolute atomic E-state index is 6.06. The van der Waals surface area contributed by atoms with Gasteiger partial charge in [-0.2, -0.15) is 0 Å². The second kappa shape index (κ2) is 4.73. The Labute approximate surface area is 118 Å². The molecule has 1 saturated heterocycles. The summed E-state index contributed by atoms with van der Waals surface area (Å²) < 4.78 is 6.06. The summed E-state index contributed by atoms with van der Waals surface area (Å²) in [5.74, 6) is 1.06. The van der Waals surface area contributed by atoms with Crippen molar-refractivity contribution >= 4 is 0 Å². The predicted molar refractivity (Wildman–Crippen MR) is 79.3 cm³/mol. The van der Waals surface area contributed by atoms with Gasteiger partial charge in [0, 0.05) is 6.04 Å². The lowest BCUT2D eigenvalue weighted by atomic mass is 9.74. The number of ether oxygens (including phenoxy) is 1. The molecule has 1 heterocycles. The Morgan fingerprint density at radius 2 is 1.63 bits per heavy atom. The van der Waals surface area contributed by atoms with Gasteiger partial charge in [0.1, 0.15) is 0 Å². The average molecular weight is 265 g/mol. The Bertz CT molecular complexity index is 315. The van der Waals surface area contributed by atoms with Gasteiger partial charge in [-0.15, -0.1) is 0 Å². The smallest absolute Gasteiger partial charge is 0.0612 e. The molecular formula is C17H31NO. The SMILES string of the molecule is CC(C)(C)OC1CC(N2CCC(C)(C3CC3)CC2)C1. The van der Waals surface area contributed by atoms with Crippen LogP contribution in [0.2, 0.25) is 0 Å². The first kappa shape index (κ1) is 13.9. The van der Waals surface area contributed by atoms with Gasteiger partial charge in [-0.25, -0.2) is 0 Å². The van der Waals surface area contributed by atoms with E-state index in [1.165, 1.54) is 51.6 Å². The number of rotatable bonds is 3. The van der Waals surface area contributed by atoms with Gasteiger partial charge in [-0.05, 0) is 83.7 Å². The van der Waals surface area contributed by atoms with Crippen molar-refractivity contribution in [2.24, 2.45) is 11.3 Å². The van der Waals surface area contributed by atoms with Crippen LogP contribution in [0.1, 0.15) is 66.2 Å². The van der Waals surface area contributed by atoms with Crippen LogP contribution in [0, 0.1) is 11.3 Å². The monoisotopic (exact) mass is 265 g/mol. The fourth-order valence-electron chi connectivity index (χ4n) is 4.02. The summed E-state index contributed by atoms with van der Waals surface area (Å²) in [5.41, 5.74) is 0.712. The van der Waals surface area contributed by atoms with Gasteiger partial charge in [0.2, 0.25) is 0 Å². The van der Waals surface area contributed by atoms with Crippen molar-refractivity contribution in [3.63, 3.8) is 0 Å². The summed E-state index contributed by atoms with van der Waals surface area (Å²) in [4.78, 5) is 2.74. The maximum Gasteiger partial charge on any atom is 0.0612 e. The van der Waals surface area contributed by atoms with E-state index in [4.69, 9.17) is 4.74 Å². The Morgan fingerprint density at radius 3 is 2.11 bits per heavy atom. The summed E-state index contributed by atoms with van der Waals surface area (Å²) in [6.07, 6.45) is 8.90. The highest BCUT2D eigenvalue weighted by Crippen LogP contribution is 2.51. The maximum atomic E-state index is 6.06. The Balaban J connectivity index is 1.41.